The van der Waals surface area contributed by atoms with Gasteiger partial charge >= 0.3 is 0 Å². The maximum Gasteiger partial charge on any atom is 0.279 e. The molecule has 1 N–H and O–H groups in total. The maximum absolute atomic E-state index is 13.0. The topological polar surface area (TPSA) is 130 Å². The van der Waals surface area contributed by atoms with Crippen LogP contribution in [0.4, 0.5) is 5.69 Å². The van der Waals surface area contributed by atoms with E-state index in [9.17, 15) is 23.6 Å². The summed E-state index contributed by atoms with van der Waals surface area (Å²) >= 11 is 3.36. The largest absolute Gasteiger partial charge is 0.394 e. The maximum atomic E-state index is 13.0. The van der Waals surface area contributed by atoms with Crippen LogP contribution in [0, 0.1) is 17.0 Å². The number of aliphatic hydroxyl groups excluding tert-OH is 1. The molecule has 2 heterocycles. The van der Waals surface area contributed by atoms with Gasteiger partial charge in [-0.25, -0.2) is 4.52 Å². The van der Waals surface area contributed by atoms with E-state index in [1.54, 1.807) is 22.8 Å². The molecule has 0 atom stereocenters. The molecule has 2 aromatic heterocycles. The summed E-state index contributed by atoms with van der Waals surface area (Å²) in [5, 5.41) is 28.5. The molecule has 0 spiro atoms. The number of benzene rings is 1. The Kier molecular flexibility index (Phi) is 5.96. The lowest BCUT2D eigenvalue weighted by Gasteiger charge is -2.19. The number of fused-ring (bicyclic) bond motifs is 1. The van der Waals surface area contributed by atoms with Crippen molar-refractivity contribution in [2.24, 2.45) is 5.10 Å². The Morgan fingerprint density at radius 1 is 1.38 bits per heavy atom. The first kappa shape index (κ1) is 20.9. The summed E-state index contributed by atoms with van der Waals surface area (Å²) in [5.41, 5.74) is 1.22. The number of halogens is 1. The normalized spacial score (nSPS) is 12.0. The monoisotopic (exact) mass is 481 g/mol. The van der Waals surface area contributed by atoms with Crippen molar-refractivity contribution in [1.29, 1.82) is 0 Å². The lowest BCUT2D eigenvalue weighted by atomic mass is 10.2. The fourth-order valence-electron chi connectivity index (χ4n) is 2.62. The molecule has 0 aliphatic rings. The molecular weight excluding hydrogens is 466 g/mol. The molecule has 0 saturated carbocycles. The Hall–Kier alpha value is -2.83. The Morgan fingerprint density at radius 3 is 2.83 bits per heavy atom. The second-order valence-corrected chi connectivity index (χ2v) is 8.73. The molecule has 0 amide bonds. The van der Waals surface area contributed by atoms with Crippen molar-refractivity contribution in [3.05, 3.63) is 68.4 Å². The first-order valence-corrected chi connectivity index (χ1v) is 10.5. The van der Waals surface area contributed by atoms with Gasteiger partial charge in [0.2, 0.25) is 0 Å². The third kappa shape index (κ3) is 4.28. The van der Waals surface area contributed by atoms with E-state index < -0.39 is 21.6 Å². The molecule has 3 rings (SSSR count). The summed E-state index contributed by atoms with van der Waals surface area (Å²) in [6, 6.07) is 7.16. The lowest BCUT2D eigenvalue weighted by Crippen LogP contribution is -2.29. The molecule has 0 aliphatic carbocycles. The van der Waals surface area contributed by atoms with Crippen LogP contribution < -0.4 is 0 Å². The first-order chi connectivity index (χ1) is 13.7. The summed E-state index contributed by atoms with van der Waals surface area (Å²) in [6.07, 6.45) is 4.56. The van der Waals surface area contributed by atoms with Crippen molar-refractivity contribution < 1.29 is 18.4 Å². The number of hydrogen-bond acceptors (Lipinski definition) is 7. The highest BCUT2D eigenvalue weighted by Crippen LogP contribution is 2.25. The SMILES string of the molecule is Cc1ccc([N+](=O)[O-])cc1S(=O)(=O)N(CCO)/N=C\c1cnn2ccc(Br)cc12. The molecule has 0 radical (unpaired) electrons. The van der Waals surface area contributed by atoms with Crippen LogP contribution in [0.3, 0.4) is 0 Å². The molecule has 3 aromatic rings. The molecule has 152 valence electrons. The van der Waals surface area contributed by atoms with E-state index in [-0.39, 0.29) is 17.1 Å². The average Bonchev–Trinajstić information content (AvgIpc) is 3.07. The molecular formula is C17H16BrN5O5S. The van der Waals surface area contributed by atoms with Crippen LogP contribution in [-0.4, -0.2) is 51.8 Å². The third-order valence-corrected chi connectivity index (χ3v) is 6.39. The van der Waals surface area contributed by atoms with E-state index in [1.807, 2.05) is 0 Å². The minimum absolute atomic E-state index is 0.250. The predicted molar refractivity (Wildman–Crippen MR) is 109 cm³/mol. The van der Waals surface area contributed by atoms with Crippen LogP contribution in [-0.2, 0) is 10.0 Å². The number of aromatic nitrogens is 2. The number of hydrogen-bond donors (Lipinski definition) is 1. The van der Waals surface area contributed by atoms with E-state index in [4.69, 9.17) is 0 Å². The molecule has 0 saturated heterocycles. The zero-order valence-electron chi connectivity index (χ0n) is 15.1. The summed E-state index contributed by atoms with van der Waals surface area (Å²) in [6.45, 7) is 0.731. The van der Waals surface area contributed by atoms with Crippen molar-refractivity contribution in [3.8, 4) is 0 Å². The third-order valence-electron chi connectivity index (χ3n) is 4.07. The van der Waals surface area contributed by atoms with Gasteiger partial charge in [0.05, 0.1) is 40.9 Å². The van der Waals surface area contributed by atoms with Gasteiger partial charge in [0.25, 0.3) is 15.7 Å². The number of hydrazone groups is 1. The quantitative estimate of drug-likeness (QED) is 0.313. The number of nitro benzene ring substituents is 1. The Bertz CT molecular complexity index is 1210. The van der Waals surface area contributed by atoms with E-state index in [2.05, 4.69) is 26.1 Å². The van der Waals surface area contributed by atoms with Gasteiger partial charge in [0.1, 0.15) is 0 Å². The summed E-state index contributed by atoms with van der Waals surface area (Å²) < 4.78 is 29.2. The molecule has 12 heteroatoms. The molecule has 10 nitrogen and oxygen atoms in total. The van der Waals surface area contributed by atoms with Gasteiger partial charge < -0.3 is 5.11 Å². The minimum Gasteiger partial charge on any atom is -0.394 e. The average molecular weight is 482 g/mol. The van der Waals surface area contributed by atoms with E-state index in [1.165, 1.54) is 31.5 Å². The van der Waals surface area contributed by atoms with Crippen LogP contribution in [0.15, 0.2) is 57.2 Å². The summed E-state index contributed by atoms with van der Waals surface area (Å²) in [7, 11) is -4.23. The number of rotatable bonds is 7. The molecule has 0 bridgehead atoms. The molecule has 0 aliphatic heterocycles. The highest BCUT2D eigenvalue weighted by Gasteiger charge is 2.26. The second kappa shape index (κ2) is 8.27. The fourth-order valence-corrected chi connectivity index (χ4v) is 4.42. The standard InChI is InChI=1S/C17H16BrN5O5S/c1-12-2-3-15(23(25)26)9-17(12)29(27,28)22(6-7-24)20-11-13-10-19-21-5-4-14(18)8-16(13)21/h2-5,8-11,24H,6-7H2,1H3/b20-11-. The van der Waals surface area contributed by atoms with E-state index in [0.29, 0.717) is 21.1 Å². The van der Waals surface area contributed by atoms with Gasteiger partial charge in [-0.3, -0.25) is 10.1 Å². The number of pyridine rings is 1. The smallest absolute Gasteiger partial charge is 0.279 e. The van der Waals surface area contributed by atoms with Gasteiger partial charge in [-0.15, -0.1) is 0 Å². The number of non-ortho nitro benzene ring substituents is 1. The summed E-state index contributed by atoms with van der Waals surface area (Å²) in [4.78, 5) is 10.1. The highest BCUT2D eigenvalue weighted by molar-refractivity contribution is 9.10. The van der Waals surface area contributed by atoms with E-state index in [0.717, 1.165) is 10.5 Å². The second-order valence-electron chi connectivity index (χ2n) is 6.00. The number of aliphatic hydroxyl groups is 1. The van der Waals surface area contributed by atoms with Gasteiger partial charge in [0, 0.05) is 28.4 Å². The number of sulfonamides is 1. The Morgan fingerprint density at radius 2 is 2.14 bits per heavy atom. The molecule has 1 aromatic carbocycles. The molecule has 0 fully saturated rings. The van der Waals surface area contributed by atoms with Crippen LogP contribution >= 0.6 is 15.9 Å². The lowest BCUT2D eigenvalue weighted by molar-refractivity contribution is -0.385. The van der Waals surface area contributed by atoms with Crippen molar-refractivity contribution in [2.75, 3.05) is 13.2 Å². The van der Waals surface area contributed by atoms with Crippen LogP contribution in [0.5, 0.6) is 0 Å². The predicted octanol–water partition coefficient (Wildman–Crippen LogP) is 2.33. The number of aryl methyl sites for hydroxylation is 1. The number of nitro groups is 1. The molecule has 29 heavy (non-hydrogen) atoms. The van der Waals surface area contributed by atoms with Crippen molar-refractivity contribution >= 4 is 43.4 Å². The van der Waals surface area contributed by atoms with Crippen molar-refractivity contribution in [2.45, 2.75) is 11.8 Å². The first-order valence-electron chi connectivity index (χ1n) is 8.29. The van der Waals surface area contributed by atoms with Crippen LogP contribution in [0.25, 0.3) is 5.52 Å². The van der Waals surface area contributed by atoms with Crippen LogP contribution in [0.1, 0.15) is 11.1 Å². The van der Waals surface area contributed by atoms with Gasteiger partial charge in [-0.05, 0) is 24.6 Å². The van der Waals surface area contributed by atoms with Gasteiger partial charge in [-0.2, -0.15) is 23.0 Å². The van der Waals surface area contributed by atoms with E-state index >= 15 is 0 Å². The molecule has 0 unspecified atom stereocenters. The van der Waals surface area contributed by atoms with Crippen molar-refractivity contribution in [1.82, 2.24) is 14.0 Å². The fraction of sp³-hybridized carbons (Fsp3) is 0.176. The van der Waals surface area contributed by atoms with Gasteiger partial charge in [-0.1, -0.05) is 22.0 Å². The minimum atomic E-state index is -4.23. The Labute approximate surface area is 174 Å². The zero-order chi connectivity index (χ0) is 21.2. The Balaban J connectivity index is 2.02. The van der Waals surface area contributed by atoms with Crippen molar-refractivity contribution in [3.63, 3.8) is 0 Å². The number of nitrogens with zero attached hydrogens (tertiary/aromatic N) is 5. The van der Waals surface area contributed by atoms with Crippen LogP contribution in [0.2, 0.25) is 0 Å². The highest BCUT2D eigenvalue weighted by atomic mass is 79.9. The van der Waals surface area contributed by atoms with Gasteiger partial charge in [0.15, 0.2) is 0 Å². The zero-order valence-corrected chi connectivity index (χ0v) is 17.5. The summed E-state index contributed by atoms with van der Waals surface area (Å²) in [5.74, 6) is 0.